The SMILES string of the molecule is Nc1ncc(-c2ccc(F)cc2)nc1C(=O)Cc1ccc(S(=O)(=O)CC2CCC2)cc1. The number of Topliss-reactive ketones (excluding diaryl/α,β-unsaturated/α-hetero) is 1. The molecule has 0 aliphatic heterocycles. The van der Waals surface area contributed by atoms with Gasteiger partial charge in [0.15, 0.2) is 21.4 Å². The number of nitrogen functional groups attached to an aromatic ring is 1. The van der Waals surface area contributed by atoms with Crippen LogP contribution in [0.15, 0.2) is 59.6 Å². The minimum absolute atomic E-state index is 0.00863. The molecule has 2 aromatic carbocycles. The van der Waals surface area contributed by atoms with Crippen molar-refractivity contribution < 1.29 is 17.6 Å². The second kappa shape index (κ2) is 8.55. The fourth-order valence-corrected chi connectivity index (χ4v) is 5.21. The van der Waals surface area contributed by atoms with Crippen LogP contribution in [0.3, 0.4) is 0 Å². The van der Waals surface area contributed by atoms with Crippen molar-refractivity contribution >= 4 is 21.4 Å². The molecule has 4 rings (SSSR count). The third kappa shape index (κ3) is 4.80. The average Bonchev–Trinajstić information content (AvgIpc) is 2.72. The third-order valence-corrected chi connectivity index (χ3v) is 7.43. The van der Waals surface area contributed by atoms with Gasteiger partial charge >= 0.3 is 0 Å². The van der Waals surface area contributed by atoms with E-state index in [0.29, 0.717) is 16.8 Å². The molecule has 0 amide bonds. The van der Waals surface area contributed by atoms with E-state index in [0.717, 1.165) is 19.3 Å². The molecule has 0 bridgehead atoms. The Morgan fingerprint density at radius 2 is 1.74 bits per heavy atom. The molecular weight excluding hydrogens is 417 g/mol. The first-order valence-electron chi connectivity index (χ1n) is 10.1. The van der Waals surface area contributed by atoms with Crippen LogP contribution in [0.5, 0.6) is 0 Å². The number of benzene rings is 2. The lowest BCUT2D eigenvalue weighted by Crippen LogP contribution is -2.22. The van der Waals surface area contributed by atoms with Gasteiger partial charge in [-0.05, 0) is 60.7 Å². The number of sulfone groups is 1. The molecule has 160 valence electrons. The number of aromatic nitrogens is 2. The number of nitrogens with zero attached hydrogens (tertiary/aromatic N) is 2. The maximum Gasteiger partial charge on any atom is 0.189 e. The molecule has 2 N–H and O–H groups in total. The highest BCUT2D eigenvalue weighted by Crippen LogP contribution is 2.29. The van der Waals surface area contributed by atoms with Gasteiger partial charge in [0.25, 0.3) is 0 Å². The van der Waals surface area contributed by atoms with E-state index in [1.807, 2.05) is 0 Å². The lowest BCUT2D eigenvalue weighted by molar-refractivity contribution is 0.0989. The van der Waals surface area contributed by atoms with Gasteiger partial charge in [0, 0.05) is 12.0 Å². The van der Waals surface area contributed by atoms with Gasteiger partial charge < -0.3 is 5.73 Å². The van der Waals surface area contributed by atoms with E-state index in [1.54, 1.807) is 36.4 Å². The van der Waals surface area contributed by atoms with Gasteiger partial charge in [-0.15, -0.1) is 0 Å². The van der Waals surface area contributed by atoms with Crippen LogP contribution in [0, 0.1) is 11.7 Å². The van der Waals surface area contributed by atoms with Crippen LogP contribution in [0.1, 0.15) is 35.3 Å². The molecule has 0 unspecified atom stereocenters. The molecule has 6 nitrogen and oxygen atoms in total. The molecule has 1 aliphatic carbocycles. The lowest BCUT2D eigenvalue weighted by Gasteiger charge is -2.24. The molecule has 1 aliphatic rings. The standard InChI is InChI=1S/C23H22FN3O3S/c24-18-8-6-17(7-9-18)20-13-26-23(25)22(27-20)21(28)12-15-4-10-19(11-5-15)31(29,30)14-16-2-1-3-16/h4-11,13,16H,1-3,12,14H2,(H2,25,26). The summed E-state index contributed by atoms with van der Waals surface area (Å²) in [5.41, 5.74) is 7.57. The average molecular weight is 440 g/mol. The number of hydrogen-bond donors (Lipinski definition) is 1. The topological polar surface area (TPSA) is 103 Å². The molecule has 31 heavy (non-hydrogen) atoms. The van der Waals surface area contributed by atoms with E-state index >= 15 is 0 Å². The minimum atomic E-state index is -3.32. The summed E-state index contributed by atoms with van der Waals surface area (Å²) in [5.74, 6) is -0.273. The Morgan fingerprint density at radius 1 is 1.06 bits per heavy atom. The molecule has 1 fully saturated rings. The van der Waals surface area contributed by atoms with E-state index in [2.05, 4.69) is 9.97 Å². The monoisotopic (exact) mass is 439 g/mol. The smallest absolute Gasteiger partial charge is 0.189 e. The predicted octanol–water partition coefficient (Wildman–Crippen LogP) is 3.86. The Bertz CT molecular complexity index is 1210. The van der Waals surface area contributed by atoms with Crippen molar-refractivity contribution in [3.05, 3.63) is 71.8 Å². The largest absolute Gasteiger partial charge is 0.382 e. The second-order valence-electron chi connectivity index (χ2n) is 7.82. The van der Waals surface area contributed by atoms with Crippen molar-refractivity contribution in [1.82, 2.24) is 9.97 Å². The van der Waals surface area contributed by atoms with Crippen molar-refractivity contribution in [2.24, 2.45) is 5.92 Å². The van der Waals surface area contributed by atoms with Gasteiger partial charge in [0.05, 0.1) is 22.5 Å². The van der Waals surface area contributed by atoms with Crippen molar-refractivity contribution in [2.45, 2.75) is 30.6 Å². The Kier molecular flexibility index (Phi) is 5.82. The summed E-state index contributed by atoms with van der Waals surface area (Å²) < 4.78 is 38.2. The minimum Gasteiger partial charge on any atom is -0.382 e. The fraction of sp³-hybridized carbons (Fsp3) is 0.261. The molecule has 0 atom stereocenters. The zero-order valence-corrected chi connectivity index (χ0v) is 17.6. The number of hydrogen-bond acceptors (Lipinski definition) is 6. The molecule has 0 radical (unpaired) electrons. The first-order valence-corrected chi connectivity index (χ1v) is 11.7. The summed E-state index contributed by atoms with van der Waals surface area (Å²) in [6.07, 6.45) is 4.46. The predicted molar refractivity (Wildman–Crippen MR) is 116 cm³/mol. The Hall–Kier alpha value is -3.13. The number of carbonyl (C=O) groups is 1. The molecule has 1 aromatic heterocycles. The Labute approximate surface area is 180 Å². The number of halogens is 1. The molecule has 8 heteroatoms. The molecule has 1 saturated carbocycles. The van der Waals surface area contributed by atoms with E-state index in [1.165, 1.54) is 18.3 Å². The Balaban J connectivity index is 1.50. The van der Waals surface area contributed by atoms with Crippen LogP contribution in [0.4, 0.5) is 10.2 Å². The number of rotatable bonds is 7. The maximum absolute atomic E-state index is 13.2. The van der Waals surface area contributed by atoms with E-state index in [4.69, 9.17) is 5.73 Å². The van der Waals surface area contributed by atoms with Crippen molar-refractivity contribution in [2.75, 3.05) is 11.5 Å². The highest BCUT2D eigenvalue weighted by atomic mass is 32.2. The normalized spacial score (nSPS) is 14.2. The van der Waals surface area contributed by atoms with Crippen LogP contribution < -0.4 is 5.73 Å². The van der Waals surface area contributed by atoms with E-state index in [9.17, 15) is 17.6 Å². The molecular formula is C23H22FN3O3S. The zero-order chi connectivity index (χ0) is 22.0. The number of nitrogens with two attached hydrogens (primary N) is 1. The fourth-order valence-electron chi connectivity index (χ4n) is 3.51. The summed E-state index contributed by atoms with van der Waals surface area (Å²) >= 11 is 0. The number of carbonyl (C=O) groups excluding carboxylic acids is 1. The molecule has 1 heterocycles. The van der Waals surface area contributed by atoms with Crippen molar-refractivity contribution in [3.63, 3.8) is 0 Å². The van der Waals surface area contributed by atoms with Gasteiger partial charge in [-0.2, -0.15) is 0 Å². The van der Waals surface area contributed by atoms with Crippen LogP contribution in [0.25, 0.3) is 11.3 Å². The van der Waals surface area contributed by atoms with Crippen molar-refractivity contribution in [3.8, 4) is 11.3 Å². The molecule has 3 aromatic rings. The number of ketones is 1. The molecule has 0 saturated heterocycles. The lowest BCUT2D eigenvalue weighted by atomic mass is 9.87. The summed E-state index contributed by atoms with van der Waals surface area (Å²) in [7, 11) is -3.32. The van der Waals surface area contributed by atoms with Gasteiger partial charge in [-0.1, -0.05) is 18.6 Å². The van der Waals surface area contributed by atoms with E-state index < -0.39 is 9.84 Å². The highest BCUT2D eigenvalue weighted by Gasteiger charge is 2.26. The zero-order valence-electron chi connectivity index (χ0n) is 16.8. The summed E-state index contributed by atoms with van der Waals surface area (Å²) in [5, 5.41) is 0. The Morgan fingerprint density at radius 3 is 2.35 bits per heavy atom. The molecule has 0 spiro atoms. The summed E-state index contributed by atoms with van der Waals surface area (Å²) in [6.45, 7) is 0. The van der Waals surface area contributed by atoms with E-state index in [-0.39, 0.29) is 46.1 Å². The first kappa shape index (κ1) is 21.1. The highest BCUT2D eigenvalue weighted by molar-refractivity contribution is 7.91. The van der Waals surface area contributed by atoms with Crippen LogP contribution in [-0.4, -0.2) is 29.9 Å². The van der Waals surface area contributed by atoms with Crippen LogP contribution in [0.2, 0.25) is 0 Å². The maximum atomic E-state index is 13.2. The number of anilines is 1. The van der Waals surface area contributed by atoms with Gasteiger partial charge in [-0.3, -0.25) is 4.79 Å². The van der Waals surface area contributed by atoms with Crippen molar-refractivity contribution in [1.29, 1.82) is 0 Å². The second-order valence-corrected chi connectivity index (χ2v) is 9.85. The first-order chi connectivity index (χ1) is 14.8. The summed E-state index contributed by atoms with van der Waals surface area (Å²) in [4.78, 5) is 21.4. The van der Waals surface area contributed by atoms with Gasteiger partial charge in [-0.25, -0.2) is 22.8 Å². The summed E-state index contributed by atoms with van der Waals surface area (Å²) in [6, 6.07) is 12.1. The van der Waals surface area contributed by atoms with Gasteiger partial charge in [0.1, 0.15) is 11.5 Å². The van der Waals surface area contributed by atoms with Crippen LogP contribution >= 0.6 is 0 Å². The van der Waals surface area contributed by atoms with Crippen LogP contribution in [-0.2, 0) is 16.3 Å². The van der Waals surface area contributed by atoms with Gasteiger partial charge in [0.2, 0.25) is 0 Å². The quantitative estimate of drug-likeness (QED) is 0.561. The third-order valence-electron chi connectivity index (χ3n) is 5.53.